The Bertz CT molecular complexity index is 370. The van der Waals surface area contributed by atoms with Gasteiger partial charge in [-0.3, -0.25) is 0 Å². The molecule has 0 rings (SSSR count). The number of unbranched alkanes of at least 4 members (excludes halogenated alkanes) is 11. The third kappa shape index (κ3) is 11.5. The summed E-state index contributed by atoms with van der Waals surface area (Å²) in [5.41, 5.74) is 12.3. The normalized spacial score (nSPS) is 15.2. The summed E-state index contributed by atoms with van der Waals surface area (Å²) >= 11 is 0. The molecule has 0 aromatic carbocycles. The highest BCUT2D eigenvalue weighted by molar-refractivity contribution is 5.02. The Morgan fingerprint density at radius 3 is 2.00 bits per heavy atom. The molecule has 0 amide bonds. The second-order valence-electron chi connectivity index (χ2n) is 6.54. The molecule has 140 valence electrons. The van der Waals surface area contributed by atoms with Crippen LogP contribution in [0.25, 0.3) is 10.4 Å². The van der Waals surface area contributed by atoms with Crippen molar-refractivity contribution in [3.63, 3.8) is 0 Å². The van der Waals surface area contributed by atoms with Crippen LogP contribution in [0.2, 0.25) is 0 Å². The van der Waals surface area contributed by atoms with Gasteiger partial charge in [-0.1, -0.05) is 88.4 Å². The van der Waals surface area contributed by atoms with E-state index in [4.69, 9.17) is 16.4 Å². The molecule has 0 saturated heterocycles. The van der Waals surface area contributed by atoms with Crippen LogP contribution in [-0.4, -0.2) is 28.6 Å². The lowest BCUT2D eigenvalue weighted by atomic mass is 10.0. The zero-order valence-electron chi connectivity index (χ0n) is 15.2. The van der Waals surface area contributed by atoms with E-state index < -0.39 is 18.4 Å². The highest BCUT2D eigenvalue weighted by atomic mass is 16.3. The second kappa shape index (κ2) is 15.5. The first-order valence-corrected chi connectivity index (χ1v) is 9.41. The van der Waals surface area contributed by atoms with Crippen molar-refractivity contribution in [2.75, 3.05) is 6.61 Å². The average molecular weight is 341 g/mol. The number of aliphatic hydroxyl groups excluding tert-OH is 2. The third-order valence-corrected chi connectivity index (χ3v) is 4.29. The lowest BCUT2D eigenvalue weighted by molar-refractivity contribution is 0.0780. The fraction of sp³-hybridized carbons (Fsp3) is 0.889. The molecule has 0 aliphatic rings. The Morgan fingerprint density at radius 2 is 1.54 bits per heavy atom. The van der Waals surface area contributed by atoms with E-state index in [1.165, 1.54) is 70.3 Å². The molecular weight excluding hydrogens is 304 g/mol. The number of allylic oxidation sites excluding steroid dienone is 1. The third-order valence-electron chi connectivity index (χ3n) is 4.29. The SMILES string of the molecule is CCCCCCCCCCCCC/C=C/[C@@H](O)[C@@](N)(CO)N=[N+]=[N-]. The van der Waals surface area contributed by atoms with Crippen molar-refractivity contribution in [3.05, 3.63) is 22.6 Å². The molecule has 0 aromatic heterocycles. The van der Waals surface area contributed by atoms with Crippen LogP contribution in [0.5, 0.6) is 0 Å². The standard InChI is InChI=1S/C18H36N4O2/c1-2-3-4-5-6-7-8-9-10-11-12-13-14-15-17(24)18(19,16-23)21-22-20/h14-15,17,23-24H,2-13,16,19H2,1H3/b15-14+/t17-,18-/m1/s1. The second-order valence-corrected chi connectivity index (χ2v) is 6.54. The van der Waals surface area contributed by atoms with Crippen LogP contribution >= 0.6 is 0 Å². The average Bonchev–Trinajstić information content (AvgIpc) is 2.58. The maximum absolute atomic E-state index is 9.84. The molecule has 24 heavy (non-hydrogen) atoms. The zero-order valence-corrected chi connectivity index (χ0v) is 15.2. The van der Waals surface area contributed by atoms with Gasteiger partial charge in [-0.05, 0) is 18.4 Å². The number of hydrogen-bond acceptors (Lipinski definition) is 4. The predicted molar refractivity (Wildman–Crippen MR) is 99.4 cm³/mol. The van der Waals surface area contributed by atoms with E-state index in [1.807, 2.05) is 6.08 Å². The Kier molecular flexibility index (Phi) is 14.8. The van der Waals surface area contributed by atoms with Crippen molar-refractivity contribution < 1.29 is 10.2 Å². The Labute approximate surface area is 146 Å². The van der Waals surface area contributed by atoms with E-state index in [1.54, 1.807) is 0 Å². The summed E-state index contributed by atoms with van der Waals surface area (Å²) in [6.45, 7) is 1.65. The van der Waals surface area contributed by atoms with Gasteiger partial charge in [-0.2, -0.15) is 0 Å². The van der Waals surface area contributed by atoms with E-state index >= 15 is 0 Å². The molecule has 2 atom stereocenters. The van der Waals surface area contributed by atoms with Gasteiger partial charge in [0.1, 0.15) is 5.66 Å². The van der Waals surface area contributed by atoms with Crippen LogP contribution in [0.4, 0.5) is 0 Å². The fourth-order valence-electron chi connectivity index (χ4n) is 2.59. The maximum Gasteiger partial charge on any atom is 0.148 e. The molecule has 0 aromatic rings. The fourth-order valence-corrected chi connectivity index (χ4v) is 2.59. The molecule has 6 nitrogen and oxygen atoms in total. The summed E-state index contributed by atoms with van der Waals surface area (Å²) in [5, 5.41) is 22.2. The highest BCUT2D eigenvalue weighted by Crippen LogP contribution is 2.13. The van der Waals surface area contributed by atoms with Gasteiger partial charge in [0.15, 0.2) is 0 Å². The summed E-state index contributed by atoms with van der Waals surface area (Å²) < 4.78 is 0. The van der Waals surface area contributed by atoms with E-state index in [2.05, 4.69) is 16.9 Å². The first kappa shape index (κ1) is 22.9. The summed E-state index contributed by atoms with van der Waals surface area (Å²) in [6.07, 6.45) is 17.3. The Morgan fingerprint density at radius 1 is 1.04 bits per heavy atom. The molecule has 0 aliphatic heterocycles. The highest BCUT2D eigenvalue weighted by Gasteiger charge is 2.30. The van der Waals surface area contributed by atoms with Gasteiger partial charge in [0.2, 0.25) is 0 Å². The van der Waals surface area contributed by atoms with Gasteiger partial charge < -0.3 is 15.9 Å². The number of aliphatic hydroxyl groups is 2. The van der Waals surface area contributed by atoms with E-state index in [0.29, 0.717) is 0 Å². The molecule has 0 unspecified atom stereocenters. The molecule has 0 bridgehead atoms. The lowest BCUT2D eigenvalue weighted by Crippen LogP contribution is -2.51. The molecular formula is C18H36N4O2. The van der Waals surface area contributed by atoms with Gasteiger partial charge in [0.05, 0.1) is 12.7 Å². The van der Waals surface area contributed by atoms with Crippen molar-refractivity contribution in [3.8, 4) is 0 Å². The van der Waals surface area contributed by atoms with Crippen molar-refractivity contribution in [1.29, 1.82) is 0 Å². The minimum atomic E-state index is -1.68. The quantitative estimate of drug-likeness (QED) is 0.126. The van der Waals surface area contributed by atoms with Crippen LogP contribution in [0.15, 0.2) is 17.3 Å². The summed E-state index contributed by atoms with van der Waals surface area (Å²) in [5.74, 6) is 0. The van der Waals surface area contributed by atoms with E-state index in [9.17, 15) is 5.11 Å². The van der Waals surface area contributed by atoms with Crippen molar-refractivity contribution >= 4 is 0 Å². The lowest BCUT2D eigenvalue weighted by Gasteiger charge is -2.24. The number of rotatable bonds is 16. The van der Waals surface area contributed by atoms with Gasteiger partial charge >= 0.3 is 0 Å². The summed E-state index contributed by atoms with van der Waals surface area (Å²) in [4.78, 5) is 2.56. The van der Waals surface area contributed by atoms with Crippen molar-refractivity contribution in [2.45, 2.75) is 95.7 Å². The largest absolute Gasteiger partial charge is 0.394 e. The van der Waals surface area contributed by atoms with Gasteiger partial charge in [0, 0.05) is 4.91 Å². The number of hydrogen-bond donors (Lipinski definition) is 3. The maximum atomic E-state index is 9.84. The summed E-state index contributed by atoms with van der Waals surface area (Å²) in [7, 11) is 0. The first-order chi connectivity index (χ1) is 11.6. The van der Waals surface area contributed by atoms with Gasteiger partial charge in [0.25, 0.3) is 0 Å². The van der Waals surface area contributed by atoms with E-state index in [-0.39, 0.29) is 0 Å². The van der Waals surface area contributed by atoms with E-state index in [0.717, 1.165) is 12.8 Å². The Hall–Kier alpha value is -1.07. The van der Waals surface area contributed by atoms with Crippen molar-refractivity contribution in [1.82, 2.24) is 0 Å². The molecule has 0 saturated carbocycles. The molecule has 0 radical (unpaired) electrons. The number of nitrogens with zero attached hydrogens (tertiary/aromatic N) is 3. The zero-order chi connectivity index (χ0) is 18.1. The Balaban J connectivity index is 3.57. The van der Waals surface area contributed by atoms with Crippen molar-refractivity contribution in [2.24, 2.45) is 10.8 Å². The minimum Gasteiger partial charge on any atom is -0.394 e. The van der Waals surface area contributed by atoms with Crippen LogP contribution in [0, 0.1) is 0 Å². The molecule has 0 aliphatic carbocycles. The molecule has 0 heterocycles. The molecule has 0 fully saturated rings. The first-order valence-electron chi connectivity index (χ1n) is 9.41. The number of nitrogens with two attached hydrogens (primary N) is 1. The minimum absolute atomic E-state index is 0.596. The number of azide groups is 1. The molecule has 6 heteroatoms. The molecule has 4 N–H and O–H groups in total. The van der Waals surface area contributed by atoms with Gasteiger partial charge in [-0.15, -0.1) is 0 Å². The topological polar surface area (TPSA) is 115 Å². The summed E-state index contributed by atoms with van der Waals surface area (Å²) in [6, 6.07) is 0. The molecule has 0 spiro atoms. The monoisotopic (exact) mass is 340 g/mol. The predicted octanol–water partition coefficient (Wildman–Crippen LogP) is 4.56. The smallest absolute Gasteiger partial charge is 0.148 e. The van der Waals surface area contributed by atoms with Crippen LogP contribution < -0.4 is 5.73 Å². The van der Waals surface area contributed by atoms with Crippen LogP contribution in [0.1, 0.15) is 84.0 Å². The van der Waals surface area contributed by atoms with Crippen LogP contribution in [-0.2, 0) is 0 Å². The van der Waals surface area contributed by atoms with Gasteiger partial charge in [-0.25, -0.2) is 0 Å². The van der Waals surface area contributed by atoms with Crippen LogP contribution in [0.3, 0.4) is 0 Å².